The molecule has 0 unspecified atom stereocenters. The highest BCUT2D eigenvalue weighted by Gasteiger charge is 2.22. The van der Waals surface area contributed by atoms with E-state index in [1.54, 1.807) is 13.2 Å². The van der Waals surface area contributed by atoms with E-state index in [0.717, 1.165) is 24.4 Å². The van der Waals surface area contributed by atoms with Crippen molar-refractivity contribution < 1.29 is 9.53 Å². The van der Waals surface area contributed by atoms with Crippen LogP contribution in [0.15, 0.2) is 53.3 Å². The minimum Gasteiger partial charge on any atom is -0.497 e. The molecule has 4 rings (SSSR count). The van der Waals surface area contributed by atoms with E-state index in [2.05, 4.69) is 14.9 Å². The Morgan fingerprint density at radius 2 is 1.90 bits per heavy atom. The largest absolute Gasteiger partial charge is 0.497 e. The standard InChI is InChI=1S/C22H24N4O3/c1-29-17-6-4-5-16(13-17)14-21(27)26-11-9-25(10-12-26)15-20-23-19-8-3-2-7-18(19)22(28)24-20/h2-8,13H,9-12,14-15H2,1H3,(H,23,24,28). The zero-order valence-electron chi connectivity index (χ0n) is 16.4. The number of carbonyl (C=O) groups excluding carboxylic acids is 1. The van der Waals surface area contributed by atoms with Crippen LogP contribution in [0.25, 0.3) is 10.9 Å². The topological polar surface area (TPSA) is 78.5 Å². The lowest BCUT2D eigenvalue weighted by Crippen LogP contribution is -2.49. The SMILES string of the molecule is COc1cccc(CC(=O)N2CCN(Cc3nc4ccccc4c(=O)[nH]3)CC2)c1. The van der Waals surface area contributed by atoms with Crippen molar-refractivity contribution in [1.82, 2.24) is 19.8 Å². The van der Waals surface area contributed by atoms with E-state index in [1.165, 1.54) is 0 Å². The molecule has 1 aromatic heterocycles. The lowest BCUT2D eigenvalue weighted by atomic mass is 10.1. The maximum Gasteiger partial charge on any atom is 0.258 e. The number of aromatic amines is 1. The van der Waals surface area contributed by atoms with Crippen LogP contribution in [0.3, 0.4) is 0 Å². The van der Waals surface area contributed by atoms with E-state index in [0.29, 0.717) is 42.8 Å². The average molecular weight is 392 g/mol. The smallest absolute Gasteiger partial charge is 0.258 e. The third kappa shape index (κ3) is 4.46. The van der Waals surface area contributed by atoms with Crippen LogP contribution in [0.5, 0.6) is 5.75 Å². The molecule has 0 radical (unpaired) electrons. The van der Waals surface area contributed by atoms with Crippen LogP contribution in [-0.4, -0.2) is 59.0 Å². The molecule has 0 saturated carbocycles. The van der Waals surface area contributed by atoms with Crippen molar-refractivity contribution in [2.75, 3.05) is 33.3 Å². The first kappa shape index (κ1) is 19.1. The molecule has 0 bridgehead atoms. The molecule has 3 aromatic rings. The second-order valence-electron chi connectivity index (χ2n) is 7.22. The number of piperazine rings is 1. The van der Waals surface area contributed by atoms with E-state index < -0.39 is 0 Å². The highest BCUT2D eigenvalue weighted by atomic mass is 16.5. The van der Waals surface area contributed by atoms with Gasteiger partial charge in [0.05, 0.1) is 31.0 Å². The first-order chi connectivity index (χ1) is 14.1. The van der Waals surface area contributed by atoms with Crippen LogP contribution in [-0.2, 0) is 17.8 Å². The van der Waals surface area contributed by atoms with Crippen LogP contribution in [0, 0.1) is 0 Å². The van der Waals surface area contributed by atoms with Gasteiger partial charge in [0.1, 0.15) is 11.6 Å². The molecule has 1 fully saturated rings. The van der Waals surface area contributed by atoms with Gasteiger partial charge in [0.25, 0.3) is 5.56 Å². The number of para-hydroxylation sites is 1. The summed E-state index contributed by atoms with van der Waals surface area (Å²) in [5.74, 6) is 1.54. The Morgan fingerprint density at radius 1 is 1.10 bits per heavy atom. The van der Waals surface area contributed by atoms with Gasteiger partial charge in [-0.25, -0.2) is 4.98 Å². The zero-order chi connectivity index (χ0) is 20.2. The fourth-order valence-electron chi connectivity index (χ4n) is 3.65. The van der Waals surface area contributed by atoms with Gasteiger partial charge < -0.3 is 14.6 Å². The molecular formula is C22H24N4O3. The van der Waals surface area contributed by atoms with Crippen molar-refractivity contribution in [3.63, 3.8) is 0 Å². The van der Waals surface area contributed by atoms with Crippen molar-refractivity contribution >= 4 is 16.8 Å². The molecule has 0 aliphatic carbocycles. The molecule has 1 amide bonds. The van der Waals surface area contributed by atoms with E-state index in [1.807, 2.05) is 47.4 Å². The quantitative estimate of drug-likeness (QED) is 0.717. The Bertz CT molecular complexity index is 1070. The van der Waals surface area contributed by atoms with Gasteiger partial charge >= 0.3 is 0 Å². The van der Waals surface area contributed by atoms with Crippen molar-refractivity contribution in [2.45, 2.75) is 13.0 Å². The Morgan fingerprint density at radius 3 is 2.69 bits per heavy atom. The summed E-state index contributed by atoms with van der Waals surface area (Å²) in [6, 6.07) is 15.0. The molecule has 1 N–H and O–H groups in total. The Hall–Kier alpha value is -3.19. The van der Waals surface area contributed by atoms with Gasteiger partial charge in [-0.15, -0.1) is 0 Å². The first-order valence-corrected chi connectivity index (χ1v) is 9.73. The second kappa shape index (κ2) is 8.45. The molecule has 7 heteroatoms. The summed E-state index contributed by atoms with van der Waals surface area (Å²) in [6.07, 6.45) is 0.372. The molecular weight excluding hydrogens is 368 g/mol. The number of benzene rings is 2. The van der Waals surface area contributed by atoms with Gasteiger partial charge in [-0.3, -0.25) is 14.5 Å². The van der Waals surface area contributed by atoms with E-state index >= 15 is 0 Å². The van der Waals surface area contributed by atoms with Crippen molar-refractivity contribution in [1.29, 1.82) is 0 Å². The summed E-state index contributed by atoms with van der Waals surface area (Å²) in [6.45, 7) is 3.40. The molecule has 1 saturated heterocycles. The predicted octanol–water partition coefficient (Wildman–Crippen LogP) is 1.82. The summed E-state index contributed by atoms with van der Waals surface area (Å²) >= 11 is 0. The van der Waals surface area contributed by atoms with Crippen molar-refractivity contribution in [3.8, 4) is 5.75 Å². The van der Waals surface area contributed by atoms with E-state index in [4.69, 9.17) is 4.74 Å². The van der Waals surface area contributed by atoms with Crippen LogP contribution in [0.2, 0.25) is 0 Å². The molecule has 0 spiro atoms. The molecule has 1 aliphatic heterocycles. The maximum absolute atomic E-state index is 12.6. The van der Waals surface area contributed by atoms with Gasteiger partial charge in [0.15, 0.2) is 0 Å². The number of hydrogen-bond donors (Lipinski definition) is 1. The van der Waals surface area contributed by atoms with Crippen LogP contribution in [0.4, 0.5) is 0 Å². The monoisotopic (exact) mass is 392 g/mol. The highest BCUT2D eigenvalue weighted by molar-refractivity contribution is 5.79. The number of amides is 1. The molecule has 29 heavy (non-hydrogen) atoms. The summed E-state index contributed by atoms with van der Waals surface area (Å²) in [5.41, 5.74) is 1.55. The fraction of sp³-hybridized carbons (Fsp3) is 0.318. The Kier molecular flexibility index (Phi) is 5.57. The van der Waals surface area contributed by atoms with E-state index in [-0.39, 0.29) is 11.5 Å². The minimum absolute atomic E-state index is 0.113. The molecule has 150 valence electrons. The second-order valence-corrected chi connectivity index (χ2v) is 7.22. The van der Waals surface area contributed by atoms with Gasteiger partial charge in [0, 0.05) is 26.2 Å². The number of carbonyl (C=O) groups is 1. The number of nitrogens with zero attached hydrogens (tertiary/aromatic N) is 3. The minimum atomic E-state index is -0.113. The first-order valence-electron chi connectivity index (χ1n) is 9.73. The number of H-pyrrole nitrogens is 1. The number of hydrogen-bond acceptors (Lipinski definition) is 5. The van der Waals surface area contributed by atoms with Crippen molar-refractivity contribution in [3.05, 3.63) is 70.3 Å². The number of fused-ring (bicyclic) bond motifs is 1. The summed E-state index contributed by atoms with van der Waals surface area (Å²) < 4.78 is 5.23. The summed E-state index contributed by atoms with van der Waals surface area (Å²) in [7, 11) is 1.62. The summed E-state index contributed by atoms with van der Waals surface area (Å²) in [5, 5.41) is 0.601. The van der Waals surface area contributed by atoms with Crippen molar-refractivity contribution in [2.24, 2.45) is 0 Å². The number of nitrogens with one attached hydrogen (secondary N) is 1. The predicted molar refractivity (Wildman–Crippen MR) is 111 cm³/mol. The highest BCUT2D eigenvalue weighted by Crippen LogP contribution is 2.15. The molecule has 7 nitrogen and oxygen atoms in total. The van der Waals surface area contributed by atoms with Crippen LogP contribution in [0.1, 0.15) is 11.4 Å². The van der Waals surface area contributed by atoms with Gasteiger partial charge in [0.2, 0.25) is 5.91 Å². The Balaban J connectivity index is 1.34. The van der Waals surface area contributed by atoms with E-state index in [9.17, 15) is 9.59 Å². The average Bonchev–Trinajstić information content (AvgIpc) is 2.74. The lowest BCUT2D eigenvalue weighted by Gasteiger charge is -2.34. The number of aromatic nitrogens is 2. The number of ether oxygens (including phenoxy) is 1. The van der Waals surface area contributed by atoms with Crippen LogP contribution >= 0.6 is 0 Å². The molecule has 2 heterocycles. The number of methoxy groups -OCH3 is 1. The molecule has 0 atom stereocenters. The maximum atomic E-state index is 12.6. The fourth-order valence-corrected chi connectivity index (χ4v) is 3.65. The third-order valence-electron chi connectivity index (χ3n) is 5.25. The molecule has 2 aromatic carbocycles. The van der Waals surface area contributed by atoms with Gasteiger partial charge in [-0.1, -0.05) is 24.3 Å². The zero-order valence-corrected chi connectivity index (χ0v) is 16.4. The molecule has 1 aliphatic rings. The third-order valence-corrected chi connectivity index (χ3v) is 5.25. The normalized spacial score (nSPS) is 14.9. The van der Waals surface area contributed by atoms with Crippen LogP contribution < -0.4 is 10.3 Å². The summed E-state index contributed by atoms with van der Waals surface area (Å²) in [4.78, 5) is 36.4. The lowest BCUT2D eigenvalue weighted by molar-refractivity contribution is -0.132. The van der Waals surface area contributed by atoms with Gasteiger partial charge in [-0.05, 0) is 29.8 Å². The number of rotatable bonds is 5. The van der Waals surface area contributed by atoms with Gasteiger partial charge in [-0.2, -0.15) is 0 Å². The Labute approximate surface area is 168 Å².